The fraction of sp³-hybridized carbons (Fsp3) is 0.462. The molecule has 0 saturated carbocycles. The van der Waals surface area contributed by atoms with Gasteiger partial charge in [-0.2, -0.15) is 0 Å². The van der Waals surface area contributed by atoms with Crippen LogP contribution in [-0.4, -0.2) is 54.9 Å². The summed E-state index contributed by atoms with van der Waals surface area (Å²) in [5.74, 6) is 0.147. The minimum absolute atomic E-state index is 0.0362. The van der Waals surface area contributed by atoms with Gasteiger partial charge in [0.2, 0.25) is 0 Å². The summed E-state index contributed by atoms with van der Waals surface area (Å²) < 4.78 is 6.21. The zero-order valence-electron chi connectivity index (χ0n) is 20.0. The van der Waals surface area contributed by atoms with E-state index in [1.165, 1.54) is 0 Å². The standard InChI is InChI=1S/C26H35N3O3/c1-18(2)23-25(31)29(17-26(3,4)16-28(5)6)22(20-14-10-11-15-21(20)32-23)24(30)27-19-12-8-7-9-13-19/h7-15,18,22-23H,16-17H2,1-6H3,(H,27,30). The van der Waals surface area contributed by atoms with Crippen LogP contribution >= 0.6 is 0 Å². The first kappa shape index (κ1) is 23.8. The molecule has 0 aliphatic carbocycles. The summed E-state index contributed by atoms with van der Waals surface area (Å²) in [7, 11) is 4.03. The molecule has 172 valence electrons. The number of hydrogen-bond donors (Lipinski definition) is 1. The zero-order chi connectivity index (χ0) is 23.5. The Bertz CT molecular complexity index is 940. The molecule has 0 radical (unpaired) electrons. The van der Waals surface area contributed by atoms with E-state index in [2.05, 4.69) is 24.1 Å². The SMILES string of the molecule is CC(C)C1Oc2ccccc2C(C(=O)Nc2ccccc2)N(CC(C)(C)CN(C)C)C1=O. The van der Waals surface area contributed by atoms with E-state index in [1.807, 2.05) is 82.5 Å². The van der Waals surface area contributed by atoms with Crippen molar-refractivity contribution in [2.24, 2.45) is 11.3 Å². The normalized spacial score (nSPS) is 18.9. The van der Waals surface area contributed by atoms with Crippen LogP contribution in [-0.2, 0) is 9.59 Å². The molecule has 1 aliphatic heterocycles. The van der Waals surface area contributed by atoms with Crippen LogP contribution in [0, 0.1) is 11.3 Å². The number of amides is 2. The average Bonchev–Trinajstić information content (AvgIpc) is 2.82. The quantitative estimate of drug-likeness (QED) is 0.705. The minimum Gasteiger partial charge on any atom is -0.480 e. The summed E-state index contributed by atoms with van der Waals surface area (Å²) in [4.78, 5) is 31.3. The summed E-state index contributed by atoms with van der Waals surface area (Å²) in [6.07, 6.45) is -0.652. The van der Waals surface area contributed by atoms with E-state index in [0.717, 1.165) is 6.54 Å². The van der Waals surface area contributed by atoms with E-state index in [-0.39, 0.29) is 23.1 Å². The Kier molecular flexibility index (Phi) is 7.24. The lowest BCUT2D eigenvalue weighted by Gasteiger charge is -2.38. The van der Waals surface area contributed by atoms with Gasteiger partial charge in [-0.25, -0.2) is 0 Å². The summed E-state index contributed by atoms with van der Waals surface area (Å²) in [5, 5.41) is 3.00. The number of benzene rings is 2. The highest BCUT2D eigenvalue weighted by Crippen LogP contribution is 2.38. The van der Waals surface area contributed by atoms with Crippen LogP contribution in [0.15, 0.2) is 54.6 Å². The molecule has 1 heterocycles. The van der Waals surface area contributed by atoms with Crippen molar-refractivity contribution in [1.29, 1.82) is 0 Å². The second-order valence-electron chi connectivity index (χ2n) is 9.95. The van der Waals surface area contributed by atoms with Gasteiger partial charge >= 0.3 is 0 Å². The molecule has 2 aromatic rings. The molecule has 1 N–H and O–H groups in total. The van der Waals surface area contributed by atoms with Crippen molar-refractivity contribution >= 4 is 17.5 Å². The number of ether oxygens (including phenoxy) is 1. The molecule has 2 amide bonds. The van der Waals surface area contributed by atoms with Crippen molar-refractivity contribution in [2.45, 2.75) is 39.8 Å². The van der Waals surface area contributed by atoms with E-state index in [1.54, 1.807) is 4.90 Å². The first-order valence-corrected chi connectivity index (χ1v) is 11.2. The number of nitrogens with zero attached hydrogens (tertiary/aromatic N) is 2. The summed E-state index contributed by atoms with van der Waals surface area (Å²) >= 11 is 0. The van der Waals surface area contributed by atoms with Gasteiger partial charge in [-0.1, -0.05) is 64.1 Å². The van der Waals surface area contributed by atoms with Gasteiger partial charge in [0.05, 0.1) is 0 Å². The monoisotopic (exact) mass is 437 g/mol. The Morgan fingerprint density at radius 2 is 1.72 bits per heavy atom. The largest absolute Gasteiger partial charge is 0.480 e. The molecule has 2 atom stereocenters. The van der Waals surface area contributed by atoms with Crippen molar-refractivity contribution in [3.05, 3.63) is 60.2 Å². The number of fused-ring (bicyclic) bond motifs is 1. The second-order valence-corrected chi connectivity index (χ2v) is 9.95. The number of nitrogens with one attached hydrogen (secondary N) is 1. The number of carbonyl (C=O) groups is 2. The summed E-state index contributed by atoms with van der Waals surface area (Å²) in [6, 6.07) is 16.0. The van der Waals surface area contributed by atoms with Crippen molar-refractivity contribution in [3.8, 4) is 5.75 Å². The van der Waals surface area contributed by atoms with E-state index >= 15 is 0 Å². The van der Waals surface area contributed by atoms with Gasteiger partial charge < -0.3 is 19.9 Å². The molecular formula is C26H35N3O3. The lowest BCUT2D eigenvalue weighted by atomic mass is 9.90. The molecule has 32 heavy (non-hydrogen) atoms. The molecule has 2 unspecified atom stereocenters. The highest BCUT2D eigenvalue weighted by molar-refractivity contribution is 5.99. The molecule has 6 nitrogen and oxygen atoms in total. The first-order valence-electron chi connectivity index (χ1n) is 11.2. The number of para-hydroxylation sites is 2. The molecule has 6 heteroatoms. The van der Waals surface area contributed by atoms with Gasteiger partial charge in [-0.3, -0.25) is 9.59 Å². The van der Waals surface area contributed by atoms with Crippen LogP contribution in [0.3, 0.4) is 0 Å². The number of hydrogen-bond acceptors (Lipinski definition) is 4. The van der Waals surface area contributed by atoms with Gasteiger partial charge in [-0.05, 0) is 43.6 Å². The number of carbonyl (C=O) groups excluding carboxylic acids is 2. The maximum Gasteiger partial charge on any atom is 0.264 e. The predicted octanol–water partition coefficient (Wildman–Crippen LogP) is 4.20. The van der Waals surface area contributed by atoms with E-state index in [9.17, 15) is 9.59 Å². The van der Waals surface area contributed by atoms with Crippen LogP contribution in [0.4, 0.5) is 5.69 Å². The highest BCUT2D eigenvalue weighted by Gasteiger charge is 2.43. The molecular weight excluding hydrogens is 402 g/mol. The van der Waals surface area contributed by atoms with E-state index in [4.69, 9.17) is 4.74 Å². The van der Waals surface area contributed by atoms with Crippen molar-refractivity contribution in [1.82, 2.24) is 9.80 Å². The second kappa shape index (κ2) is 9.74. The molecule has 0 fully saturated rings. The molecule has 0 aromatic heterocycles. The van der Waals surface area contributed by atoms with Crippen LogP contribution in [0.5, 0.6) is 5.75 Å². The van der Waals surface area contributed by atoms with Crippen LogP contribution in [0.1, 0.15) is 39.3 Å². The predicted molar refractivity (Wildman–Crippen MR) is 128 cm³/mol. The number of anilines is 1. The molecule has 0 bridgehead atoms. The Morgan fingerprint density at radius 3 is 2.34 bits per heavy atom. The first-order chi connectivity index (χ1) is 15.1. The Morgan fingerprint density at radius 1 is 1.09 bits per heavy atom. The highest BCUT2D eigenvalue weighted by atomic mass is 16.5. The molecule has 2 aromatic carbocycles. The molecule has 0 saturated heterocycles. The van der Waals surface area contributed by atoms with Crippen LogP contribution < -0.4 is 10.1 Å². The van der Waals surface area contributed by atoms with Crippen LogP contribution in [0.2, 0.25) is 0 Å². The maximum absolute atomic E-state index is 13.8. The Hall–Kier alpha value is -2.86. The van der Waals surface area contributed by atoms with Crippen molar-refractivity contribution in [2.75, 3.05) is 32.5 Å². The fourth-order valence-corrected chi connectivity index (χ4v) is 4.43. The Labute approximate surface area is 191 Å². The smallest absolute Gasteiger partial charge is 0.264 e. The third-order valence-corrected chi connectivity index (χ3v) is 5.54. The van der Waals surface area contributed by atoms with Crippen molar-refractivity contribution < 1.29 is 14.3 Å². The number of rotatable bonds is 7. The summed E-state index contributed by atoms with van der Waals surface area (Å²) in [5.41, 5.74) is 1.17. The summed E-state index contributed by atoms with van der Waals surface area (Å²) in [6.45, 7) is 9.39. The lowest BCUT2D eigenvalue weighted by Crippen LogP contribution is -2.51. The topological polar surface area (TPSA) is 61.9 Å². The fourth-order valence-electron chi connectivity index (χ4n) is 4.43. The van der Waals surface area contributed by atoms with Crippen molar-refractivity contribution in [3.63, 3.8) is 0 Å². The average molecular weight is 438 g/mol. The molecule has 0 spiro atoms. The third-order valence-electron chi connectivity index (χ3n) is 5.54. The van der Waals surface area contributed by atoms with Gasteiger partial charge in [0, 0.05) is 24.3 Å². The maximum atomic E-state index is 13.8. The third kappa shape index (κ3) is 5.49. The van der Waals surface area contributed by atoms with Gasteiger partial charge in [0.1, 0.15) is 11.8 Å². The molecule has 3 rings (SSSR count). The minimum atomic E-state index is -0.788. The molecule has 1 aliphatic rings. The van der Waals surface area contributed by atoms with Gasteiger partial charge in [-0.15, -0.1) is 0 Å². The van der Waals surface area contributed by atoms with Gasteiger partial charge in [0.15, 0.2) is 6.10 Å². The zero-order valence-corrected chi connectivity index (χ0v) is 20.0. The Balaban J connectivity index is 2.08. The van der Waals surface area contributed by atoms with E-state index < -0.39 is 12.1 Å². The van der Waals surface area contributed by atoms with E-state index in [0.29, 0.717) is 23.5 Å². The van der Waals surface area contributed by atoms with Crippen LogP contribution in [0.25, 0.3) is 0 Å². The van der Waals surface area contributed by atoms with Gasteiger partial charge in [0.25, 0.3) is 11.8 Å². The lowest BCUT2D eigenvalue weighted by molar-refractivity contribution is -0.147.